The standard InChI is InChI=1S/C17H20O7/c1-3-14(18)23-10-9-17(22,4-2)11-24-16(21)13-8-6-5-7-12(13)15(19)20/h3,5-8,22H,1,4,9-11H2,2H3,(H,19,20). The first-order chi connectivity index (χ1) is 11.3. The van der Waals surface area contributed by atoms with Crippen LogP contribution in [0, 0.1) is 0 Å². The van der Waals surface area contributed by atoms with Gasteiger partial charge in [0, 0.05) is 12.5 Å². The zero-order chi connectivity index (χ0) is 18.2. The van der Waals surface area contributed by atoms with Gasteiger partial charge in [-0.2, -0.15) is 0 Å². The molecule has 0 saturated heterocycles. The Morgan fingerprint density at radius 1 is 1.21 bits per heavy atom. The molecule has 24 heavy (non-hydrogen) atoms. The van der Waals surface area contributed by atoms with E-state index in [-0.39, 0.29) is 37.2 Å². The summed E-state index contributed by atoms with van der Waals surface area (Å²) in [4.78, 5) is 34.1. The SMILES string of the molecule is C=CC(=O)OCCC(O)(CC)COC(=O)c1ccccc1C(=O)O. The Labute approximate surface area is 139 Å². The molecule has 0 fully saturated rings. The minimum atomic E-state index is -1.38. The van der Waals surface area contributed by atoms with Gasteiger partial charge in [-0.15, -0.1) is 0 Å². The molecule has 2 N–H and O–H groups in total. The highest BCUT2D eigenvalue weighted by atomic mass is 16.5. The van der Waals surface area contributed by atoms with Crippen LogP contribution in [-0.4, -0.2) is 46.9 Å². The number of hydrogen-bond acceptors (Lipinski definition) is 6. The van der Waals surface area contributed by atoms with Gasteiger partial charge in [0.25, 0.3) is 0 Å². The van der Waals surface area contributed by atoms with Crippen LogP contribution in [0.3, 0.4) is 0 Å². The Morgan fingerprint density at radius 3 is 2.38 bits per heavy atom. The molecule has 1 atom stereocenters. The monoisotopic (exact) mass is 336 g/mol. The molecule has 0 saturated carbocycles. The Morgan fingerprint density at radius 2 is 1.83 bits per heavy atom. The molecule has 0 aliphatic carbocycles. The van der Waals surface area contributed by atoms with E-state index in [1.54, 1.807) is 6.92 Å². The van der Waals surface area contributed by atoms with E-state index in [0.717, 1.165) is 6.08 Å². The summed E-state index contributed by atoms with van der Waals surface area (Å²) in [6, 6.07) is 5.64. The fourth-order valence-corrected chi connectivity index (χ4v) is 1.88. The third-order valence-electron chi connectivity index (χ3n) is 3.49. The number of rotatable bonds is 9. The first-order valence-corrected chi connectivity index (χ1v) is 7.34. The molecule has 0 aliphatic heterocycles. The molecule has 130 valence electrons. The lowest BCUT2D eigenvalue weighted by Gasteiger charge is -2.26. The van der Waals surface area contributed by atoms with Gasteiger partial charge >= 0.3 is 17.9 Å². The smallest absolute Gasteiger partial charge is 0.339 e. The number of carbonyl (C=O) groups excluding carboxylic acids is 2. The van der Waals surface area contributed by atoms with Gasteiger partial charge in [-0.05, 0) is 18.6 Å². The zero-order valence-corrected chi connectivity index (χ0v) is 13.4. The molecular formula is C17H20O7. The predicted octanol–water partition coefficient (Wildman–Crippen LogP) is 1.80. The summed E-state index contributed by atoms with van der Waals surface area (Å²) >= 11 is 0. The summed E-state index contributed by atoms with van der Waals surface area (Å²) in [5.74, 6) is -2.70. The fourth-order valence-electron chi connectivity index (χ4n) is 1.88. The van der Waals surface area contributed by atoms with Gasteiger partial charge in [-0.25, -0.2) is 14.4 Å². The number of ether oxygens (including phenoxy) is 2. The van der Waals surface area contributed by atoms with Crippen LogP contribution >= 0.6 is 0 Å². The molecule has 7 nitrogen and oxygen atoms in total. The Kier molecular flexibility index (Phi) is 7.13. The molecule has 1 aromatic rings. The quantitative estimate of drug-likeness (QED) is 0.522. The van der Waals surface area contributed by atoms with E-state index >= 15 is 0 Å². The van der Waals surface area contributed by atoms with E-state index in [1.165, 1.54) is 24.3 Å². The lowest BCUT2D eigenvalue weighted by molar-refractivity contribution is -0.140. The maximum atomic E-state index is 12.1. The van der Waals surface area contributed by atoms with E-state index in [0.29, 0.717) is 0 Å². The maximum absolute atomic E-state index is 12.1. The number of carboxylic acid groups (broad SMARTS) is 1. The molecule has 1 aromatic carbocycles. The molecule has 0 aromatic heterocycles. The van der Waals surface area contributed by atoms with Gasteiger partial charge in [0.15, 0.2) is 0 Å². The van der Waals surface area contributed by atoms with Crippen LogP contribution in [0.2, 0.25) is 0 Å². The van der Waals surface area contributed by atoms with Crippen molar-refractivity contribution in [1.82, 2.24) is 0 Å². The Balaban J connectivity index is 2.68. The van der Waals surface area contributed by atoms with Crippen LogP contribution in [0.1, 0.15) is 40.5 Å². The summed E-state index contributed by atoms with van der Waals surface area (Å²) in [6.07, 6.45) is 1.33. The van der Waals surface area contributed by atoms with Gasteiger partial charge in [0.1, 0.15) is 12.2 Å². The Bertz CT molecular complexity index is 623. The van der Waals surface area contributed by atoms with Crippen molar-refractivity contribution in [2.45, 2.75) is 25.4 Å². The molecule has 1 rings (SSSR count). The van der Waals surface area contributed by atoms with Crippen molar-refractivity contribution in [3.05, 3.63) is 48.0 Å². The van der Waals surface area contributed by atoms with Gasteiger partial charge < -0.3 is 19.7 Å². The lowest BCUT2D eigenvalue weighted by Crippen LogP contribution is -2.36. The normalized spacial score (nSPS) is 12.8. The average Bonchev–Trinajstić information content (AvgIpc) is 2.59. The van der Waals surface area contributed by atoms with Gasteiger partial charge in [0.2, 0.25) is 0 Å². The molecule has 7 heteroatoms. The van der Waals surface area contributed by atoms with Gasteiger partial charge in [-0.1, -0.05) is 25.6 Å². The summed E-state index contributed by atoms with van der Waals surface area (Å²) < 4.78 is 9.84. The van der Waals surface area contributed by atoms with Crippen molar-refractivity contribution in [1.29, 1.82) is 0 Å². The average molecular weight is 336 g/mol. The molecule has 0 spiro atoms. The molecule has 0 aliphatic rings. The van der Waals surface area contributed by atoms with E-state index in [4.69, 9.17) is 14.6 Å². The highest BCUT2D eigenvalue weighted by Crippen LogP contribution is 2.18. The second-order valence-corrected chi connectivity index (χ2v) is 5.13. The minimum absolute atomic E-state index is 0.0571. The van der Waals surface area contributed by atoms with Crippen molar-refractivity contribution in [2.75, 3.05) is 13.2 Å². The summed E-state index contributed by atoms with van der Waals surface area (Å²) in [6.45, 7) is 4.54. The van der Waals surface area contributed by atoms with E-state index in [2.05, 4.69) is 6.58 Å². The third-order valence-corrected chi connectivity index (χ3v) is 3.49. The third kappa shape index (κ3) is 5.51. The van der Waals surface area contributed by atoms with Crippen LogP contribution in [0.4, 0.5) is 0 Å². The van der Waals surface area contributed by atoms with Crippen LogP contribution in [-0.2, 0) is 14.3 Å². The first-order valence-electron chi connectivity index (χ1n) is 7.34. The predicted molar refractivity (Wildman–Crippen MR) is 84.7 cm³/mol. The van der Waals surface area contributed by atoms with Crippen LogP contribution < -0.4 is 0 Å². The second kappa shape index (κ2) is 8.83. The highest BCUT2D eigenvalue weighted by Gasteiger charge is 2.28. The van der Waals surface area contributed by atoms with E-state index in [9.17, 15) is 19.5 Å². The van der Waals surface area contributed by atoms with Crippen molar-refractivity contribution in [2.24, 2.45) is 0 Å². The molecular weight excluding hydrogens is 316 g/mol. The van der Waals surface area contributed by atoms with Crippen LogP contribution in [0.5, 0.6) is 0 Å². The largest absolute Gasteiger partial charge is 0.478 e. The van der Waals surface area contributed by atoms with Gasteiger partial charge in [-0.3, -0.25) is 0 Å². The van der Waals surface area contributed by atoms with E-state index < -0.39 is 23.5 Å². The molecule has 0 bridgehead atoms. The lowest BCUT2D eigenvalue weighted by atomic mass is 9.98. The Hall–Kier alpha value is -2.67. The number of aliphatic hydroxyl groups is 1. The van der Waals surface area contributed by atoms with Crippen LogP contribution in [0.15, 0.2) is 36.9 Å². The van der Waals surface area contributed by atoms with Crippen LogP contribution in [0.25, 0.3) is 0 Å². The molecule has 1 unspecified atom stereocenters. The fraction of sp³-hybridized carbons (Fsp3) is 0.353. The maximum Gasteiger partial charge on any atom is 0.339 e. The minimum Gasteiger partial charge on any atom is -0.478 e. The van der Waals surface area contributed by atoms with Gasteiger partial charge in [0.05, 0.1) is 17.7 Å². The molecule has 0 heterocycles. The molecule has 0 amide bonds. The second-order valence-electron chi connectivity index (χ2n) is 5.13. The number of carbonyl (C=O) groups is 3. The topological polar surface area (TPSA) is 110 Å². The number of benzene rings is 1. The summed E-state index contributed by atoms with van der Waals surface area (Å²) in [7, 11) is 0. The number of hydrogen-bond donors (Lipinski definition) is 2. The highest BCUT2D eigenvalue weighted by molar-refractivity contribution is 6.02. The van der Waals surface area contributed by atoms with Crippen molar-refractivity contribution in [3.63, 3.8) is 0 Å². The zero-order valence-electron chi connectivity index (χ0n) is 13.4. The van der Waals surface area contributed by atoms with E-state index in [1.807, 2.05) is 0 Å². The number of esters is 2. The van der Waals surface area contributed by atoms with Crippen molar-refractivity contribution in [3.8, 4) is 0 Å². The van der Waals surface area contributed by atoms with Crippen molar-refractivity contribution >= 4 is 17.9 Å². The number of aromatic carboxylic acids is 1. The molecule has 0 radical (unpaired) electrons. The number of carboxylic acids is 1. The first kappa shape index (κ1) is 19.4. The summed E-state index contributed by atoms with van der Waals surface area (Å²) in [5.41, 5.74) is -1.65. The summed E-state index contributed by atoms with van der Waals surface area (Å²) in [5, 5.41) is 19.4. The van der Waals surface area contributed by atoms with Crippen molar-refractivity contribution < 1.29 is 34.1 Å².